The molecule has 0 amide bonds. The van der Waals surface area contributed by atoms with Crippen LogP contribution in [0.5, 0.6) is 0 Å². The first kappa shape index (κ1) is 49.3. The third-order valence-corrected chi connectivity index (χ3v) is 18.8. The highest BCUT2D eigenvalue weighted by molar-refractivity contribution is 5.79. The molecule has 14 nitrogen and oxygen atoms in total. The molecule has 7 fully saturated rings. The summed E-state index contributed by atoms with van der Waals surface area (Å²) in [7, 11) is 2.75. The Balaban J connectivity index is 1.04. The number of hydrogen-bond donors (Lipinski definition) is 2. The number of ether oxygens (including phenoxy) is 9. The van der Waals surface area contributed by atoms with E-state index in [2.05, 4.69) is 54.5 Å². The maximum atomic E-state index is 13.7. The molecule has 0 aromatic heterocycles. The maximum Gasteiger partial charge on any atom is 0.337 e. The molecule has 2 N–H and O–H groups in total. The number of aliphatic hydroxyl groups is 2. The van der Waals surface area contributed by atoms with Gasteiger partial charge in [-0.1, -0.05) is 60.1 Å². The Kier molecular flexibility index (Phi) is 12.5. The predicted molar refractivity (Wildman–Crippen MR) is 236 cm³/mol. The standard InChI is InChI=1S/C51H80O14/c1-44(2,3)42(55)63-38-35-29(64-47(8,9)65-35)26-59-41(38)61-36-33(52)37(39(54)57-13)62-40(34(36)53)60-32-18-19-48(10)30(46(32,6)7)17-20-50(12)31(48)16-15-27-28-25-45(4,5)21-23-51(28,43(56)58-14)24-22-49(27,50)11/h15,28-38,40-41,52-53H,16-26H2,1-14H3/t28-,29-,30?,31+,32-,33-,34+,35-,36-,37-,38+,40+,41-,48-,49+,50+,51-/m0/s1. The van der Waals surface area contributed by atoms with Gasteiger partial charge < -0.3 is 52.8 Å². The zero-order valence-corrected chi connectivity index (χ0v) is 41.7. The fourth-order valence-electron chi connectivity index (χ4n) is 15.0. The van der Waals surface area contributed by atoms with Crippen molar-refractivity contribution >= 4 is 17.9 Å². The molecule has 0 aromatic rings. The fourth-order valence-corrected chi connectivity index (χ4v) is 15.0. The minimum absolute atomic E-state index is 0.0127. The van der Waals surface area contributed by atoms with E-state index < -0.39 is 89.3 Å². The number of rotatable bonds is 7. The van der Waals surface area contributed by atoms with Crippen LogP contribution < -0.4 is 0 Å². The molecule has 3 saturated heterocycles. The zero-order chi connectivity index (χ0) is 47.7. The van der Waals surface area contributed by atoms with Gasteiger partial charge in [0.2, 0.25) is 0 Å². The van der Waals surface area contributed by atoms with E-state index in [1.807, 2.05) is 0 Å². The maximum absolute atomic E-state index is 13.7. The molecule has 0 radical (unpaired) electrons. The molecule has 0 bridgehead atoms. The number of carbonyl (C=O) groups is 3. The summed E-state index contributed by atoms with van der Waals surface area (Å²) in [6, 6.07) is 0. The average molecular weight is 917 g/mol. The molecule has 3 aliphatic heterocycles. The number of fused-ring (bicyclic) bond motifs is 8. The second-order valence-electron chi connectivity index (χ2n) is 24.8. The zero-order valence-electron chi connectivity index (χ0n) is 41.7. The van der Waals surface area contributed by atoms with Gasteiger partial charge in [-0.2, -0.15) is 0 Å². The second kappa shape index (κ2) is 16.5. The Morgan fingerprint density at radius 3 is 2.12 bits per heavy atom. The molecule has 65 heavy (non-hydrogen) atoms. The monoisotopic (exact) mass is 917 g/mol. The lowest BCUT2D eigenvalue weighted by atomic mass is 9.33. The van der Waals surface area contributed by atoms with Gasteiger partial charge in [-0.3, -0.25) is 9.59 Å². The van der Waals surface area contributed by atoms with Gasteiger partial charge in [0.05, 0.1) is 37.8 Å². The highest BCUT2D eigenvalue weighted by atomic mass is 16.8. The number of methoxy groups -OCH3 is 2. The van der Waals surface area contributed by atoms with E-state index in [0.717, 1.165) is 57.8 Å². The SMILES string of the molecule is COC(=O)[C@H]1O[C@@H](O[C@H]2CC[C@@]3(C)C(CC[C@]4(C)[C@@H]3CC=C3[C@@H]5CC(C)(C)CC[C@]5(C(=O)OC)CC[C@]34C)C2(C)C)[C@H](O)[C@@H](O[C@@H]2OC[C@@H]3OC(C)(C)O[C@@H]3[C@H]2OC(=O)C(C)(C)C)[C@@H]1O. The molecule has 3 heterocycles. The summed E-state index contributed by atoms with van der Waals surface area (Å²) in [4.78, 5) is 40.3. The number of allylic oxidation sites excluding steroid dienone is 2. The van der Waals surface area contributed by atoms with Gasteiger partial charge in [-0.15, -0.1) is 0 Å². The van der Waals surface area contributed by atoms with Crippen molar-refractivity contribution in [3.8, 4) is 0 Å². The van der Waals surface area contributed by atoms with Crippen molar-refractivity contribution in [2.75, 3.05) is 20.8 Å². The first-order valence-electron chi connectivity index (χ1n) is 24.5. The number of carbonyl (C=O) groups excluding carboxylic acids is 3. The van der Waals surface area contributed by atoms with E-state index >= 15 is 0 Å². The molecule has 368 valence electrons. The van der Waals surface area contributed by atoms with Crippen LogP contribution in [0.1, 0.15) is 147 Å². The molecule has 4 saturated carbocycles. The molecule has 5 aliphatic carbocycles. The molecule has 0 spiro atoms. The lowest BCUT2D eigenvalue weighted by Gasteiger charge is -2.71. The molecular weight excluding hydrogens is 837 g/mol. The van der Waals surface area contributed by atoms with Crippen LogP contribution in [0.4, 0.5) is 0 Å². The van der Waals surface area contributed by atoms with E-state index in [9.17, 15) is 24.6 Å². The van der Waals surface area contributed by atoms with Crippen LogP contribution in [0.25, 0.3) is 0 Å². The van der Waals surface area contributed by atoms with Gasteiger partial charge in [0.25, 0.3) is 0 Å². The second-order valence-corrected chi connectivity index (χ2v) is 24.8. The first-order chi connectivity index (χ1) is 30.1. The van der Waals surface area contributed by atoms with Gasteiger partial charge in [0, 0.05) is 0 Å². The Bertz CT molecular complexity index is 1890. The Morgan fingerprint density at radius 2 is 1.46 bits per heavy atom. The fraction of sp³-hybridized carbons (Fsp3) is 0.902. The van der Waals surface area contributed by atoms with Gasteiger partial charge in [0.15, 0.2) is 30.6 Å². The first-order valence-corrected chi connectivity index (χ1v) is 24.5. The largest absolute Gasteiger partial charge is 0.469 e. The third-order valence-electron chi connectivity index (χ3n) is 18.8. The third kappa shape index (κ3) is 7.86. The molecule has 0 aromatic carbocycles. The number of hydrogen-bond acceptors (Lipinski definition) is 14. The summed E-state index contributed by atoms with van der Waals surface area (Å²) in [5.41, 5.74) is -0.177. The summed E-state index contributed by atoms with van der Waals surface area (Å²) < 4.78 is 54.5. The van der Waals surface area contributed by atoms with Crippen molar-refractivity contribution in [1.29, 1.82) is 0 Å². The molecule has 8 aliphatic rings. The average Bonchev–Trinajstić information content (AvgIpc) is 3.55. The van der Waals surface area contributed by atoms with Crippen molar-refractivity contribution in [2.45, 2.75) is 214 Å². The Labute approximate surface area is 386 Å². The summed E-state index contributed by atoms with van der Waals surface area (Å²) in [6.45, 7) is 25.5. The quantitative estimate of drug-likeness (QED) is 0.114. The van der Waals surface area contributed by atoms with Crippen molar-refractivity contribution < 1.29 is 67.2 Å². The van der Waals surface area contributed by atoms with Crippen LogP contribution in [-0.4, -0.2) is 116 Å². The van der Waals surface area contributed by atoms with Gasteiger partial charge in [0.1, 0.15) is 30.5 Å². The Hall–Kier alpha value is -2.17. The van der Waals surface area contributed by atoms with Gasteiger partial charge in [-0.05, 0) is 144 Å². The summed E-state index contributed by atoms with van der Waals surface area (Å²) in [6.07, 6.45) is -0.0951. The normalized spacial score (nSPS) is 47.3. The van der Waals surface area contributed by atoms with Crippen molar-refractivity contribution in [3.05, 3.63) is 11.6 Å². The van der Waals surface area contributed by atoms with Crippen LogP contribution in [0, 0.1) is 55.7 Å². The minimum atomic E-state index is -1.70. The van der Waals surface area contributed by atoms with E-state index in [0.29, 0.717) is 12.3 Å². The predicted octanol–water partition coefficient (Wildman–Crippen LogP) is 7.19. The number of esters is 3. The lowest BCUT2D eigenvalue weighted by Crippen LogP contribution is -2.67. The van der Waals surface area contributed by atoms with Crippen LogP contribution in [0.15, 0.2) is 11.6 Å². The van der Waals surface area contributed by atoms with Crippen molar-refractivity contribution in [2.24, 2.45) is 55.7 Å². The molecule has 14 heteroatoms. The van der Waals surface area contributed by atoms with Crippen molar-refractivity contribution in [3.63, 3.8) is 0 Å². The smallest absolute Gasteiger partial charge is 0.337 e. The summed E-state index contributed by atoms with van der Waals surface area (Å²) in [5, 5.41) is 23.8. The highest BCUT2D eigenvalue weighted by Crippen LogP contribution is 2.76. The molecule has 1 unspecified atom stereocenters. The Morgan fingerprint density at radius 1 is 0.769 bits per heavy atom. The topological polar surface area (TPSA) is 175 Å². The van der Waals surface area contributed by atoms with Crippen molar-refractivity contribution in [1.82, 2.24) is 0 Å². The summed E-state index contributed by atoms with van der Waals surface area (Å²) in [5.74, 6) is -1.60. The minimum Gasteiger partial charge on any atom is -0.469 e. The molecular formula is C51H80O14. The van der Waals surface area contributed by atoms with E-state index in [4.69, 9.17) is 42.6 Å². The van der Waals surface area contributed by atoms with E-state index in [1.165, 1.54) is 12.7 Å². The summed E-state index contributed by atoms with van der Waals surface area (Å²) >= 11 is 0. The number of aliphatic hydroxyl groups excluding tert-OH is 2. The van der Waals surface area contributed by atoms with E-state index in [-0.39, 0.29) is 52.2 Å². The van der Waals surface area contributed by atoms with Crippen LogP contribution >= 0.6 is 0 Å². The van der Waals surface area contributed by atoms with Crippen LogP contribution in [-0.2, 0) is 57.0 Å². The molecule has 8 rings (SSSR count). The highest BCUT2D eigenvalue weighted by Gasteiger charge is 2.70. The van der Waals surface area contributed by atoms with Gasteiger partial charge in [-0.25, -0.2) is 4.79 Å². The van der Waals surface area contributed by atoms with E-state index in [1.54, 1.807) is 41.7 Å². The van der Waals surface area contributed by atoms with Crippen LogP contribution in [0.2, 0.25) is 0 Å². The van der Waals surface area contributed by atoms with Gasteiger partial charge >= 0.3 is 17.9 Å². The lowest BCUT2D eigenvalue weighted by molar-refractivity contribution is -0.354. The molecule has 17 atom stereocenters. The van der Waals surface area contributed by atoms with Crippen LogP contribution in [0.3, 0.4) is 0 Å².